The van der Waals surface area contributed by atoms with Gasteiger partial charge in [0.25, 0.3) is 0 Å². The van der Waals surface area contributed by atoms with Crippen LogP contribution in [0.15, 0.2) is 103 Å². The number of aliphatic hydroxyl groups excluding tert-OH is 4. The van der Waals surface area contributed by atoms with Gasteiger partial charge in [0.05, 0.1) is 26.4 Å². The standard InChI is InChI=1S/C41H46N12O4/c1-29-28-35(45-39-47-37(43-33-10-6-3-7-11-33)49-41(51-39)53(22-26-56)23-27-57)19-16-31(29)15-12-30-13-17-34(18-14-30)44-38-46-36(42-32-8-4-2-5-9-32)48-40(50-38)52(20-24-54)21-25-55/h2-19,28,54-57H,20-27H2,1H3,(H2,42,44,46,48,50)(H2,43,45,47,49,51)/b15-12+. The number of anilines is 10. The van der Waals surface area contributed by atoms with Crippen molar-refractivity contribution < 1.29 is 20.4 Å². The molecule has 0 unspecified atom stereocenters. The Bertz CT molecular complexity index is 2180. The van der Waals surface area contributed by atoms with Gasteiger partial charge >= 0.3 is 0 Å². The van der Waals surface area contributed by atoms with E-state index in [1.54, 1.807) is 9.80 Å². The molecule has 2 aromatic heterocycles. The molecule has 16 heteroatoms. The Morgan fingerprint density at radius 3 is 1.25 bits per heavy atom. The number of hydrogen-bond donors (Lipinski definition) is 8. The Morgan fingerprint density at radius 2 is 0.842 bits per heavy atom. The first-order valence-electron chi connectivity index (χ1n) is 18.5. The first-order chi connectivity index (χ1) is 27.9. The number of para-hydroxylation sites is 2. The van der Waals surface area contributed by atoms with E-state index in [-0.39, 0.29) is 52.6 Å². The first-order valence-corrected chi connectivity index (χ1v) is 18.5. The van der Waals surface area contributed by atoms with Crippen LogP contribution in [-0.2, 0) is 0 Å². The number of benzene rings is 4. The minimum Gasteiger partial charge on any atom is -0.395 e. The molecule has 57 heavy (non-hydrogen) atoms. The number of rotatable bonds is 20. The van der Waals surface area contributed by atoms with Crippen LogP contribution in [0.3, 0.4) is 0 Å². The number of aryl methyl sites for hydroxylation is 1. The molecule has 0 bridgehead atoms. The molecule has 0 spiro atoms. The number of hydrogen-bond acceptors (Lipinski definition) is 16. The van der Waals surface area contributed by atoms with Crippen molar-refractivity contribution in [1.29, 1.82) is 0 Å². The Morgan fingerprint density at radius 1 is 0.456 bits per heavy atom. The molecule has 0 saturated heterocycles. The number of aliphatic hydroxyl groups is 4. The lowest BCUT2D eigenvalue weighted by Gasteiger charge is -2.21. The van der Waals surface area contributed by atoms with Gasteiger partial charge in [0.2, 0.25) is 35.7 Å². The van der Waals surface area contributed by atoms with E-state index in [9.17, 15) is 20.4 Å². The zero-order chi connectivity index (χ0) is 39.8. The predicted molar refractivity (Wildman–Crippen MR) is 225 cm³/mol. The molecule has 6 aromatic rings. The van der Waals surface area contributed by atoms with Crippen LogP contribution in [0.5, 0.6) is 0 Å². The highest BCUT2D eigenvalue weighted by molar-refractivity contribution is 5.74. The zero-order valence-electron chi connectivity index (χ0n) is 31.5. The topological polar surface area (TPSA) is 213 Å². The van der Waals surface area contributed by atoms with Gasteiger partial charge in [0, 0.05) is 48.9 Å². The van der Waals surface area contributed by atoms with E-state index in [4.69, 9.17) is 0 Å². The van der Waals surface area contributed by atoms with Gasteiger partial charge in [-0.25, -0.2) is 0 Å². The Kier molecular flexibility index (Phi) is 14.2. The van der Waals surface area contributed by atoms with Gasteiger partial charge in [-0.1, -0.05) is 66.7 Å². The van der Waals surface area contributed by atoms with Crippen LogP contribution >= 0.6 is 0 Å². The van der Waals surface area contributed by atoms with Crippen molar-refractivity contribution in [2.45, 2.75) is 6.92 Å². The average Bonchev–Trinajstić information content (AvgIpc) is 3.21. The molecule has 0 radical (unpaired) electrons. The third-order valence-corrected chi connectivity index (χ3v) is 8.50. The summed E-state index contributed by atoms with van der Waals surface area (Å²) in [7, 11) is 0. The largest absolute Gasteiger partial charge is 0.395 e. The summed E-state index contributed by atoms with van der Waals surface area (Å²) in [6.07, 6.45) is 4.07. The molecule has 2 heterocycles. The monoisotopic (exact) mass is 770 g/mol. The lowest BCUT2D eigenvalue weighted by molar-refractivity contribution is 0.279. The van der Waals surface area contributed by atoms with Crippen LogP contribution in [0.2, 0.25) is 0 Å². The molecule has 8 N–H and O–H groups in total. The van der Waals surface area contributed by atoms with E-state index < -0.39 is 0 Å². The fraction of sp³-hybridized carbons (Fsp3) is 0.220. The number of nitrogens with one attached hydrogen (secondary N) is 4. The van der Waals surface area contributed by atoms with Gasteiger partial charge in [0.1, 0.15) is 0 Å². The van der Waals surface area contributed by atoms with Crippen molar-refractivity contribution >= 4 is 70.6 Å². The maximum atomic E-state index is 9.62. The summed E-state index contributed by atoms with van der Waals surface area (Å²) in [5, 5.41) is 51.4. The lowest BCUT2D eigenvalue weighted by atomic mass is 10.1. The quantitative estimate of drug-likeness (QED) is 0.0475. The molecule has 4 aromatic carbocycles. The molecular formula is C41H46N12O4. The molecule has 0 aliphatic carbocycles. The second-order valence-electron chi connectivity index (χ2n) is 12.7. The van der Waals surface area contributed by atoms with Crippen molar-refractivity contribution in [3.63, 3.8) is 0 Å². The smallest absolute Gasteiger partial charge is 0.233 e. The summed E-state index contributed by atoms with van der Waals surface area (Å²) in [6, 6.07) is 32.9. The van der Waals surface area contributed by atoms with E-state index in [0.717, 1.165) is 39.4 Å². The van der Waals surface area contributed by atoms with Gasteiger partial charge in [-0.05, 0) is 72.1 Å². The van der Waals surface area contributed by atoms with Crippen molar-refractivity contribution in [2.24, 2.45) is 0 Å². The van der Waals surface area contributed by atoms with Crippen LogP contribution in [0.4, 0.5) is 58.4 Å². The second-order valence-corrected chi connectivity index (χ2v) is 12.7. The highest BCUT2D eigenvalue weighted by Gasteiger charge is 2.16. The van der Waals surface area contributed by atoms with Crippen LogP contribution < -0.4 is 31.1 Å². The van der Waals surface area contributed by atoms with Crippen molar-refractivity contribution in [1.82, 2.24) is 29.9 Å². The van der Waals surface area contributed by atoms with Gasteiger partial charge < -0.3 is 51.5 Å². The Hall–Kier alpha value is -6.72. The van der Waals surface area contributed by atoms with Crippen LogP contribution in [0, 0.1) is 6.92 Å². The Balaban J connectivity index is 1.15. The summed E-state index contributed by atoms with van der Waals surface area (Å²) in [6.45, 7) is 2.52. The van der Waals surface area contributed by atoms with E-state index in [1.807, 2.05) is 122 Å². The SMILES string of the molecule is Cc1cc(Nc2nc(Nc3ccccc3)nc(N(CCO)CCO)n2)ccc1/C=C/c1ccc(Nc2nc(Nc3ccccc3)nc(N(CCO)CCO)n2)cc1. The summed E-state index contributed by atoms with van der Waals surface area (Å²) >= 11 is 0. The molecule has 0 saturated carbocycles. The van der Waals surface area contributed by atoms with Crippen molar-refractivity contribution in [2.75, 3.05) is 83.7 Å². The average molecular weight is 771 g/mol. The highest BCUT2D eigenvalue weighted by Crippen LogP contribution is 2.25. The molecule has 294 valence electrons. The van der Waals surface area contributed by atoms with E-state index in [1.165, 1.54) is 0 Å². The zero-order valence-corrected chi connectivity index (χ0v) is 31.5. The van der Waals surface area contributed by atoms with Crippen LogP contribution in [0.1, 0.15) is 16.7 Å². The summed E-state index contributed by atoms with van der Waals surface area (Å²) in [4.78, 5) is 30.8. The first kappa shape index (κ1) is 40.0. The molecule has 0 atom stereocenters. The maximum Gasteiger partial charge on any atom is 0.233 e. The molecular weight excluding hydrogens is 725 g/mol. The van der Waals surface area contributed by atoms with Gasteiger partial charge in [-0.3, -0.25) is 0 Å². The summed E-state index contributed by atoms with van der Waals surface area (Å²) in [5.74, 6) is 1.87. The Labute approximate surface area is 330 Å². The fourth-order valence-electron chi connectivity index (χ4n) is 5.71. The van der Waals surface area contributed by atoms with Crippen LogP contribution in [0.25, 0.3) is 12.2 Å². The minimum absolute atomic E-state index is 0.126. The van der Waals surface area contributed by atoms with Gasteiger partial charge in [-0.15, -0.1) is 0 Å². The second kappa shape index (κ2) is 20.3. The lowest BCUT2D eigenvalue weighted by Crippen LogP contribution is -2.31. The molecule has 0 fully saturated rings. The predicted octanol–water partition coefficient (Wildman–Crippen LogP) is 5.09. The van der Waals surface area contributed by atoms with Gasteiger partial charge in [-0.2, -0.15) is 29.9 Å². The van der Waals surface area contributed by atoms with E-state index in [2.05, 4.69) is 51.2 Å². The van der Waals surface area contributed by atoms with Crippen LogP contribution in [-0.4, -0.2) is 103 Å². The third kappa shape index (κ3) is 11.6. The van der Waals surface area contributed by atoms with E-state index >= 15 is 0 Å². The molecule has 6 rings (SSSR count). The molecule has 16 nitrogen and oxygen atoms in total. The van der Waals surface area contributed by atoms with Gasteiger partial charge in [0.15, 0.2) is 0 Å². The molecule has 0 aliphatic rings. The summed E-state index contributed by atoms with van der Waals surface area (Å²) < 4.78 is 0. The highest BCUT2D eigenvalue weighted by atomic mass is 16.3. The number of nitrogens with zero attached hydrogens (tertiary/aromatic N) is 8. The minimum atomic E-state index is -0.126. The summed E-state index contributed by atoms with van der Waals surface area (Å²) in [5.41, 5.74) is 6.17. The molecule has 0 aliphatic heterocycles. The fourth-order valence-corrected chi connectivity index (χ4v) is 5.71. The normalized spacial score (nSPS) is 11.0. The third-order valence-electron chi connectivity index (χ3n) is 8.50. The van der Waals surface area contributed by atoms with E-state index in [0.29, 0.717) is 35.7 Å². The van der Waals surface area contributed by atoms with Crippen molar-refractivity contribution in [3.8, 4) is 0 Å². The molecule has 0 amide bonds. The maximum absolute atomic E-state index is 9.62. The number of aromatic nitrogens is 6. The van der Waals surface area contributed by atoms with Crippen molar-refractivity contribution in [3.05, 3.63) is 120 Å².